The number of rotatable bonds is 2. The second-order valence-corrected chi connectivity index (χ2v) is 5.88. The summed E-state index contributed by atoms with van der Waals surface area (Å²) in [5, 5.41) is 9.75. The molecule has 2 aromatic rings. The topological polar surface area (TPSA) is 55.1 Å². The Bertz CT molecular complexity index is 778. The van der Waals surface area contributed by atoms with Crippen LogP contribution in [0.2, 0.25) is 20.4 Å². The number of benzene rings is 1. The molecule has 1 aliphatic heterocycles. The van der Waals surface area contributed by atoms with Gasteiger partial charge in [0.2, 0.25) is 6.79 Å². The number of aromatic nitrogens is 1. The highest BCUT2D eigenvalue weighted by molar-refractivity contribution is 6.46. The van der Waals surface area contributed by atoms with Crippen LogP contribution < -0.4 is 9.47 Å². The lowest BCUT2D eigenvalue weighted by molar-refractivity contribution is 0.174. The molecular weight excluding hydrogens is 370 g/mol. The van der Waals surface area contributed by atoms with Gasteiger partial charge in [0.1, 0.15) is 10.3 Å². The molecule has 112 valence electrons. The van der Waals surface area contributed by atoms with E-state index in [1.807, 2.05) is 0 Å². The highest BCUT2D eigenvalue weighted by atomic mass is 35.5. The number of halogens is 4. The molecule has 1 aromatic carbocycles. The fraction of sp³-hybridized carbons (Fsp3) is 0.143. The first-order valence-electron chi connectivity index (χ1n) is 6.02. The molecule has 22 heavy (non-hydrogen) atoms. The first-order chi connectivity index (χ1) is 10.5. The number of ether oxygens (including phenoxy) is 2. The SMILES string of the molecule is N#CC(c1ccc2c(c1)OCO2)c1c(Cl)c(Cl)nc(Cl)c1Cl. The Hall–Kier alpha value is -1.38. The van der Waals surface area contributed by atoms with Gasteiger partial charge in [-0.3, -0.25) is 0 Å². The van der Waals surface area contributed by atoms with E-state index in [0.717, 1.165) is 0 Å². The molecule has 0 aliphatic carbocycles. The summed E-state index contributed by atoms with van der Waals surface area (Å²) in [6.07, 6.45) is 0. The fourth-order valence-corrected chi connectivity index (χ4v) is 3.11. The van der Waals surface area contributed by atoms with E-state index in [1.54, 1.807) is 18.2 Å². The number of nitriles is 1. The summed E-state index contributed by atoms with van der Waals surface area (Å²) >= 11 is 24.2. The van der Waals surface area contributed by atoms with Crippen LogP contribution in [0.3, 0.4) is 0 Å². The summed E-state index contributed by atoms with van der Waals surface area (Å²) in [5.41, 5.74) is 0.948. The van der Waals surface area contributed by atoms with Gasteiger partial charge in [-0.2, -0.15) is 5.26 Å². The van der Waals surface area contributed by atoms with Crippen LogP contribution in [0.15, 0.2) is 18.2 Å². The first-order valence-corrected chi connectivity index (χ1v) is 7.53. The van der Waals surface area contributed by atoms with Gasteiger partial charge in [-0.25, -0.2) is 4.98 Å². The maximum Gasteiger partial charge on any atom is 0.231 e. The van der Waals surface area contributed by atoms with E-state index in [9.17, 15) is 5.26 Å². The molecule has 4 nitrogen and oxygen atoms in total. The van der Waals surface area contributed by atoms with Gasteiger partial charge in [0.25, 0.3) is 0 Å². The van der Waals surface area contributed by atoms with Crippen molar-refractivity contribution in [2.24, 2.45) is 0 Å². The second kappa shape index (κ2) is 6.02. The molecule has 0 amide bonds. The lowest BCUT2D eigenvalue weighted by Crippen LogP contribution is -2.02. The maximum atomic E-state index is 9.57. The zero-order chi connectivity index (χ0) is 15.9. The minimum atomic E-state index is -0.771. The summed E-state index contributed by atoms with van der Waals surface area (Å²) in [6.45, 7) is 0.143. The molecule has 2 heterocycles. The number of nitrogens with zero attached hydrogens (tertiary/aromatic N) is 2. The molecule has 0 saturated carbocycles. The Morgan fingerprint density at radius 2 is 1.68 bits per heavy atom. The van der Waals surface area contributed by atoms with Crippen molar-refractivity contribution < 1.29 is 9.47 Å². The zero-order valence-corrected chi connectivity index (χ0v) is 13.8. The van der Waals surface area contributed by atoms with Crippen LogP contribution in [0.1, 0.15) is 17.0 Å². The van der Waals surface area contributed by atoms with Gasteiger partial charge in [0.15, 0.2) is 11.5 Å². The van der Waals surface area contributed by atoms with Crippen LogP contribution in [0.4, 0.5) is 0 Å². The minimum Gasteiger partial charge on any atom is -0.454 e. The van der Waals surface area contributed by atoms with Crippen LogP contribution in [-0.4, -0.2) is 11.8 Å². The summed E-state index contributed by atoms with van der Waals surface area (Å²) in [5.74, 6) is 0.396. The third-order valence-electron chi connectivity index (χ3n) is 3.18. The minimum absolute atomic E-state index is 0.00735. The van der Waals surface area contributed by atoms with E-state index in [0.29, 0.717) is 22.6 Å². The average molecular weight is 376 g/mol. The lowest BCUT2D eigenvalue weighted by Gasteiger charge is -2.15. The standard InChI is InChI=1S/C14H6Cl4N2O2/c15-11-10(12(16)14(18)20-13(11)17)7(4-19)6-1-2-8-9(3-6)22-5-21-8/h1-3,7H,5H2. The van der Waals surface area contributed by atoms with Gasteiger partial charge in [-0.1, -0.05) is 52.5 Å². The van der Waals surface area contributed by atoms with Crippen LogP contribution >= 0.6 is 46.4 Å². The predicted molar refractivity (Wildman–Crippen MR) is 84.3 cm³/mol. The van der Waals surface area contributed by atoms with Gasteiger partial charge in [0, 0.05) is 5.56 Å². The second-order valence-electron chi connectivity index (χ2n) is 4.41. The van der Waals surface area contributed by atoms with Gasteiger partial charge in [-0.05, 0) is 17.7 Å². The highest BCUT2D eigenvalue weighted by Gasteiger charge is 2.26. The van der Waals surface area contributed by atoms with Gasteiger partial charge >= 0.3 is 0 Å². The Labute approximate surface area is 146 Å². The Balaban J connectivity index is 2.16. The zero-order valence-electron chi connectivity index (χ0n) is 10.7. The molecule has 0 spiro atoms. The summed E-state index contributed by atoms with van der Waals surface area (Å²) < 4.78 is 10.6. The number of hydrogen-bond acceptors (Lipinski definition) is 4. The van der Waals surface area contributed by atoms with E-state index in [-0.39, 0.29) is 27.1 Å². The lowest BCUT2D eigenvalue weighted by atomic mass is 9.93. The maximum absolute atomic E-state index is 9.57. The van der Waals surface area contributed by atoms with Crippen molar-refractivity contribution in [2.75, 3.05) is 6.79 Å². The van der Waals surface area contributed by atoms with Crippen LogP contribution in [0.5, 0.6) is 11.5 Å². The average Bonchev–Trinajstić information content (AvgIpc) is 2.97. The van der Waals surface area contributed by atoms with Crippen molar-refractivity contribution >= 4 is 46.4 Å². The van der Waals surface area contributed by atoms with Gasteiger partial charge < -0.3 is 9.47 Å². The molecule has 0 fully saturated rings. The molecule has 0 radical (unpaired) electrons. The molecule has 8 heteroatoms. The monoisotopic (exact) mass is 374 g/mol. The van der Waals surface area contributed by atoms with Crippen LogP contribution in [0.25, 0.3) is 0 Å². The molecule has 1 aliphatic rings. The number of fused-ring (bicyclic) bond motifs is 1. The Morgan fingerprint density at radius 3 is 2.32 bits per heavy atom. The molecular formula is C14H6Cl4N2O2. The molecule has 1 unspecified atom stereocenters. The quantitative estimate of drug-likeness (QED) is 0.686. The molecule has 0 saturated heterocycles. The summed E-state index contributed by atoms with van der Waals surface area (Å²) in [4.78, 5) is 3.81. The van der Waals surface area contributed by atoms with Crippen molar-refractivity contribution in [1.82, 2.24) is 4.98 Å². The van der Waals surface area contributed by atoms with E-state index in [4.69, 9.17) is 55.9 Å². The van der Waals surface area contributed by atoms with E-state index >= 15 is 0 Å². The molecule has 0 N–H and O–H groups in total. The largest absolute Gasteiger partial charge is 0.454 e. The molecule has 3 rings (SSSR count). The molecule has 0 bridgehead atoms. The number of pyridine rings is 1. The third kappa shape index (κ3) is 2.55. The number of hydrogen-bond donors (Lipinski definition) is 0. The van der Waals surface area contributed by atoms with E-state index in [2.05, 4.69) is 11.1 Å². The van der Waals surface area contributed by atoms with Crippen molar-refractivity contribution in [3.8, 4) is 17.6 Å². The van der Waals surface area contributed by atoms with Gasteiger partial charge in [-0.15, -0.1) is 0 Å². The fourth-order valence-electron chi connectivity index (χ4n) is 2.15. The Morgan fingerprint density at radius 1 is 1.05 bits per heavy atom. The van der Waals surface area contributed by atoms with Crippen molar-refractivity contribution in [3.63, 3.8) is 0 Å². The van der Waals surface area contributed by atoms with Gasteiger partial charge in [0.05, 0.1) is 22.0 Å². The highest BCUT2D eigenvalue weighted by Crippen LogP contribution is 2.43. The normalized spacial score (nSPS) is 13.8. The predicted octanol–water partition coefficient (Wildman–Crippen LogP) is 5.08. The van der Waals surface area contributed by atoms with Crippen LogP contribution in [0, 0.1) is 11.3 Å². The van der Waals surface area contributed by atoms with Crippen molar-refractivity contribution in [2.45, 2.75) is 5.92 Å². The Kier molecular flexibility index (Phi) is 4.24. The summed E-state index contributed by atoms with van der Waals surface area (Å²) in [6, 6.07) is 7.30. The van der Waals surface area contributed by atoms with Crippen molar-refractivity contribution in [1.29, 1.82) is 5.26 Å². The van der Waals surface area contributed by atoms with Crippen LogP contribution in [-0.2, 0) is 0 Å². The van der Waals surface area contributed by atoms with E-state index < -0.39 is 5.92 Å². The van der Waals surface area contributed by atoms with E-state index in [1.165, 1.54) is 0 Å². The smallest absolute Gasteiger partial charge is 0.231 e. The molecule has 1 atom stereocenters. The summed E-state index contributed by atoms with van der Waals surface area (Å²) in [7, 11) is 0. The molecule has 1 aromatic heterocycles. The third-order valence-corrected chi connectivity index (χ3v) is 4.68. The van der Waals surface area contributed by atoms with Crippen molar-refractivity contribution in [3.05, 3.63) is 49.7 Å². The first kappa shape index (κ1) is 15.5.